The molecular formula is C13H12N4O2. The fourth-order valence-corrected chi connectivity index (χ4v) is 1.76. The van der Waals surface area contributed by atoms with Crippen LogP contribution >= 0.6 is 0 Å². The van der Waals surface area contributed by atoms with Crippen LogP contribution in [0.15, 0.2) is 58.9 Å². The van der Waals surface area contributed by atoms with Gasteiger partial charge in [0.25, 0.3) is 0 Å². The highest BCUT2D eigenvalue weighted by molar-refractivity contribution is 5.90. The predicted molar refractivity (Wildman–Crippen MR) is 72.2 cm³/mol. The highest BCUT2D eigenvalue weighted by atomic mass is 16.4. The summed E-state index contributed by atoms with van der Waals surface area (Å²) in [6.45, 7) is 0. The predicted octanol–water partition coefficient (Wildman–Crippen LogP) is 3.40. The molecule has 0 fully saturated rings. The largest absolute Gasteiger partial charge is 0.465 e. The van der Waals surface area contributed by atoms with Crippen molar-refractivity contribution < 1.29 is 9.90 Å². The van der Waals surface area contributed by atoms with Gasteiger partial charge in [0.2, 0.25) is 0 Å². The smallest absolute Gasteiger partial charge is 0.409 e. The third-order valence-electron chi connectivity index (χ3n) is 2.50. The molecule has 1 amide bonds. The van der Waals surface area contributed by atoms with E-state index in [4.69, 9.17) is 10.9 Å². The van der Waals surface area contributed by atoms with Crippen LogP contribution in [0.4, 0.5) is 16.2 Å². The molecule has 0 spiro atoms. The van der Waals surface area contributed by atoms with Gasteiger partial charge in [0, 0.05) is 5.56 Å². The lowest BCUT2D eigenvalue weighted by atomic mass is 10.0. The Morgan fingerprint density at radius 3 is 2.68 bits per heavy atom. The molecule has 6 heteroatoms. The zero-order valence-electron chi connectivity index (χ0n) is 9.95. The first kappa shape index (κ1) is 12.6. The van der Waals surface area contributed by atoms with Crippen molar-refractivity contribution in [2.75, 3.05) is 5.32 Å². The van der Waals surface area contributed by atoms with Gasteiger partial charge in [0.1, 0.15) is 0 Å². The first-order chi connectivity index (χ1) is 9.20. The SMILES string of the molecule is NN=Nc1cccc(-c2ccccc2NC(=O)O)c1. The van der Waals surface area contributed by atoms with E-state index in [1.165, 1.54) is 0 Å². The van der Waals surface area contributed by atoms with Gasteiger partial charge in [-0.15, -0.1) is 5.11 Å². The quantitative estimate of drug-likeness (QED) is 0.445. The number of para-hydroxylation sites is 1. The van der Waals surface area contributed by atoms with Gasteiger partial charge in [-0.25, -0.2) is 4.79 Å². The Kier molecular flexibility index (Phi) is 3.72. The lowest BCUT2D eigenvalue weighted by Gasteiger charge is -2.09. The molecule has 19 heavy (non-hydrogen) atoms. The molecule has 0 aliphatic heterocycles. The van der Waals surface area contributed by atoms with E-state index < -0.39 is 6.09 Å². The van der Waals surface area contributed by atoms with E-state index in [-0.39, 0.29) is 0 Å². The molecule has 0 aliphatic carbocycles. The number of carboxylic acid groups (broad SMARTS) is 1. The Balaban J connectivity index is 2.46. The highest BCUT2D eigenvalue weighted by Gasteiger charge is 2.07. The Morgan fingerprint density at radius 1 is 1.16 bits per heavy atom. The van der Waals surface area contributed by atoms with Gasteiger partial charge in [-0.3, -0.25) is 5.32 Å². The van der Waals surface area contributed by atoms with E-state index in [1.54, 1.807) is 30.3 Å². The third kappa shape index (κ3) is 3.06. The van der Waals surface area contributed by atoms with Crippen LogP contribution in [0.3, 0.4) is 0 Å². The summed E-state index contributed by atoms with van der Waals surface area (Å²) in [4.78, 5) is 10.8. The zero-order valence-corrected chi connectivity index (χ0v) is 9.95. The number of rotatable bonds is 3. The van der Waals surface area contributed by atoms with Gasteiger partial charge in [0.05, 0.1) is 11.4 Å². The summed E-state index contributed by atoms with van der Waals surface area (Å²) in [6.07, 6.45) is -1.11. The molecule has 0 heterocycles. The molecule has 0 radical (unpaired) electrons. The minimum atomic E-state index is -1.11. The summed E-state index contributed by atoms with van der Waals surface area (Å²) in [5.41, 5.74) is 2.70. The van der Waals surface area contributed by atoms with Crippen LogP contribution in [0.1, 0.15) is 0 Å². The molecule has 0 atom stereocenters. The molecule has 4 N–H and O–H groups in total. The number of nitrogens with zero attached hydrogens (tertiary/aromatic N) is 2. The van der Waals surface area contributed by atoms with Gasteiger partial charge < -0.3 is 10.9 Å². The van der Waals surface area contributed by atoms with Gasteiger partial charge >= 0.3 is 6.09 Å². The number of nitrogens with one attached hydrogen (secondary N) is 1. The number of hydrogen-bond acceptors (Lipinski definition) is 3. The summed E-state index contributed by atoms with van der Waals surface area (Å²) in [7, 11) is 0. The van der Waals surface area contributed by atoms with Crippen molar-refractivity contribution in [3.05, 3.63) is 48.5 Å². The number of anilines is 1. The monoisotopic (exact) mass is 256 g/mol. The molecular weight excluding hydrogens is 244 g/mol. The molecule has 0 saturated heterocycles. The standard InChI is InChI=1S/C13H12N4O2/c14-17-16-10-5-3-4-9(8-10)11-6-1-2-7-12(11)15-13(18)19/h1-8,15H,(H2,14,16)(H,18,19). The van der Waals surface area contributed by atoms with Gasteiger partial charge in [0.15, 0.2) is 0 Å². The molecule has 2 rings (SSSR count). The minimum Gasteiger partial charge on any atom is -0.465 e. The average molecular weight is 256 g/mol. The van der Waals surface area contributed by atoms with E-state index in [9.17, 15) is 4.79 Å². The van der Waals surface area contributed by atoms with Gasteiger partial charge in [-0.1, -0.05) is 35.6 Å². The van der Waals surface area contributed by atoms with E-state index in [0.29, 0.717) is 11.4 Å². The first-order valence-electron chi connectivity index (χ1n) is 5.51. The van der Waals surface area contributed by atoms with Crippen LogP contribution in [0, 0.1) is 0 Å². The van der Waals surface area contributed by atoms with Crippen molar-refractivity contribution >= 4 is 17.5 Å². The molecule has 2 aromatic rings. The van der Waals surface area contributed by atoms with Crippen molar-refractivity contribution in [1.82, 2.24) is 0 Å². The topological polar surface area (TPSA) is 100 Å². The number of amides is 1. The van der Waals surface area contributed by atoms with Crippen molar-refractivity contribution in [3.63, 3.8) is 0 Å². The summed E-state index contributed by atoms with van der Waals surface area (Å²) in [5, 5.41) is 18.2. The lowest BCUT2D eigenvalue weighted by Crippen LogP contribution is -2.08. The number of carbonyl (C=O) groups is 1. The van der Waals surface area contributed by atoms with E-state index in [2.05, 4.69) is 15.7 Å². The Bertz CT molecular complexity index is 626. The summed E-state index contributed by atoms with van der Waals surface area (Å²) < 4.78 is 0. The Morgan fingerprint density at radius 2 is 1.95 bits per heavy atom. The molecule has 0 aromatic heterocycles. The fraction of sp³-hybridized carbons (Fsp3) is 0. The molecule has 0 unspecified atom stereocenters. The lowest BCUT2D eigenvalue weighted by molar-refractivity contribution is 0.210. The van der Waals surface area contributed by atoms with Crippen LogP contribution in [0.5, 0.6) is 0 Å². The second-order valence-electron chi connectivity index (χ2n) is 3.74. The molecule has 0 bridgehead atoms. The summed E-state index contributed by atoms with van der Waals surface area (Å²) >= 11 is 0. The van der Waals surface area contributed by atoms with Crippen molar-refractivity contribution in [2.45, 2.75) is 0 Å². The maximum atomic E-state index is 10.8. The second kappa shape index (κ2) is 5.63. The molecule has 0 saturated carbocycles. The number of hydrogen-bond donors (Lipinski definition) is 3. The van der Waals surface area contributed by atoms with Crippen LogP contribution in [-0.4, -0.2) is 11.2 Å². The number of benzene rings is 2. The van der Waals surface area contributed by atoms with Crippen LogP contribution < -0.4 is 11.2 Å². The van der Waals surface area contributed by atoms with Gasteiger partial charge in [-0.2, -0.15) is 0 Å². The minimum absolute atomic E-state index is 0.511. The zero-order chi connectivity index (χ0) is 13.7. The van der Waals surface area contributed by atoms with E-state index in [1.807, 2.05) is 18.2 Å². The van der Waals surface area contributed by atoms with Gasteiger partial charge in [-0.05, 0) is 23.8 Å². The first-order valence-corrected chi connectivity index (χ1v) is 5.51. The maximum Gasteiger partial charge on any atom is 0.409 e. The number of nitrogens with two attached hydrogens (primary N) is 1. The molecule has 96 valence electrons. The Hall–Kier alpha value is -2.89. The maximum absolute atomic E-state index is 10.8. The van der Waals surface area contributed by atoms with Crippen molar-refractivity contribution in [2.24, 2.45) is 16.2 Å². The fourth-order valence-electron chi connectivity index (χ4n) is 1.76. The average Bonchev–Trinajstić information content (AvgIpc) is 2.39. The second-order valence-corrected chi connectivity index (χ2v) is 3.74. The molecule has 6 nitrogen and oxygen atoms in total. The summed E-state index contributed by atoms with van der Waals surface area (Å²) in [5.74, 6) is 5.01. The third-order valence-corrected chi connectivity index (χ3v) is 2.50. The normalized spacial score (nSPS) is 10.5. The highest BCUT2D eigenvalue weighted by Crippen LogP contribution is 2.30. The van der Waals surface area contributed by atoms with Crippen LogP contribution in [0.25, 0.3) is 11.1 Å². The molecule has 0 aliphatic rings. The van der Waals surface area contributed by atoms with Crippen molar-refractivity contribution in [1.29, 1.82) is 0 Å². The van der Waals surface area contributed by atoms with E-state index in [0.717, 1.165) is 11.1 Å². The Labute approximate surface area is 109 Å². The van der Waals surface area contributed by atoms with Crippen LogP contribution in [0.2, 0.25) is 0 Å². The molecule has 2 aromatic carbocycles. The van der Waals surface area contributed by atoms with E-state index >= 15 is 0 Å². The summed E-state index contributed by atoms with van der Waals surface area (Å²) in [6, 6.07) is 14.3. The van der Waals surface area contributed by atoms with Crippen molar-refractivity contribution in [3.8, 4) is 11.1 Å². The van der Waals surface area contributed by atoms with Crippen LogP contribution in [-0.2, 0) is 0 Å².